The molecule has 0 unspecified atom stereocenters. The van der Waals surface area contributed by atoms with E-state index < -0.39 is 12.0 Å². The van der Waals surface area contributed by atoms with Crippen LogP contribution in [0.2, 0.25) is 0 Å². The molecule has 3 aromatic rings. The van der Waals surface area contributed by atoms with E-state index in [0.29, 0.717) is 23.4 Å². The number of carbonyl (C=O) groups is 1. The zero-order valence-corrected chi connectivity index (χ0v) is 17.1. The number of rotatable bonds is 8. The van der Waals surface area contributed by atoms with E-state index in [-0.39, 0.29) is 12.2 Å². The first-order valence-corrected chi connectivity index (χ1v) is 10.3. The molecule has 28 heavy (non-hydrogen) atoms. The van der Waals surface area contributed by atoms with Gasteiger partial charge in [-0.05, 0) is 31.4 Å². The lowest BCUT2D eigenvalue weighted by molar-refractivity contribution is -0.148. The van der Waals surface area contributed by atoms with Crippen LogP contribution in [0.25, 0.3) is 21.3 Å². The van der Waals surface area contributed by atoms with Gasteiger partial charge in [-0.1, -0.05) is 31.2 Å². The van der Waals surface area contributed by atoms with Gasteiger partial charge in [-0.25, -0.2) is 9.78 Å². The van der Waals surface area contributed by atoms with Crippen LogP contribution in [0.4, 0.5) is 0 Å². The van der Waals surface area contributed by atoms with E-state index in [2.05, 4.69) is 24.0 Å². The second-order valence-corrected chi connectivity index (χ2v) is 7.24. The van der Waals surface area contributed by atoms with E-state index in [1.807, 2.05) is 24.4 Å². The van der Waals surface area contributed by atoms with Crippen molar-refractivity contribution in [2.24, 2.45) is 0 Å². The predicted octanol–water partition coefficient (Wildman–Crippen LogP) is 3.83. The molecule has 2 aromatic heterocycles. The Bertz CT molecular complexity index is 1010. The van der Waals surface area contributed by atoms with Crippen molar-refractivity contribution in [3.63, 3.8) is 0 Å². The van der Waals surface area contributed by atoms with E-state index >= 15 is 0 Å². The maximum absolute atomic E-state index is 13.1. The van der Waals surface area contributed by atoms with Gasteiger partial charge in [0.25, 0.3) is 5.56 Å². The largest absolute Gasteiger partial charge is 0.462 e. The molecule has 0 aliphatic heterocycles. The lowest BCUT2D eigenvalue weighted by Crippen LogP contribution is -2.30. The zero-order chi connectivity index (χ0) is 20.1. The minimum Gasteiger partial charge on any atom is -0.462 e. The fourth-order valence-corrected chi connectivity index (χ4v) is 3.84. The molecule has 0 fully saturated rings. The van der Waals surface area contributed by atoms with Gasteiger partial charge in [0.05, 0.1) is 18.3 Å². The highest BCUT2D eigenvalue weighted by atomic mass is 32.1. The molecule has 1 aromatic carbocycles. The first kappa shape index (κ1) is 20.2. The highest BCUT2D eigenvalue weighted by Gasteiger charge is 2.21. The second kappa shape index (κ2) is 9.12. The molecule has 0 radical (unpaired) electrons. The Balaban J connectivity index is 1.92. The molecular weight excluding hydrogens is 376 g/mol. The molecule has 148 valence electrons. The molecule has 0 N–H and O–H groups in total. The summed E-state index contributed by atoms with van der Waals surface area (Å²) < 4.78 is 11.7. The van der Waals surface area contributed by atoms with Crippen LogP contribution in [0.3, 0.4) is 0 Å². The number of ether oxygens (including phenoxy) is 2. The summed E-state index contributed by atoms with van der Waals surface area (Å²) in [6, 6.07) is 7.39. The molecule has 0 saturated heterocycles. The summed E-state index contributed by atoms with van der Waals surface area (Å²) in [4.78, 5) is 30.5. The highest BCUT2D eigenvalue weighted by Crippen LogP contribution is 2.31. The summed E-state index contributed by atoms with van der Waals surface area (Å²) in [6.07, 6.45) is 2.38. The van der Waals surface area contributed by atoms with Crippen LogP contribution >= 0.6 is 11.3 Å². The number of hydrogen-bond acceptors (Lipinski definition) is 6. The SMILES string of the molecule is CCOCCOC(=O)[C@@H](C)n1cnc2scc(-c3ccc(CC)cc3)c2c1=O. The van der Waals surface area contributed by atoms with Crippen molar-refractivity contribution in [1.82, 2.24) is 9.55 Å². The molecule has 7 heteroatoms. The number of hydrogen-bond donors (Lipinski definition) is 0. The van der Waals surface area contributed by atoms with Crippen LogP contribution in [-0.4, -0.2) is 35.3 Å². The van der Waals surface area contributed by atoms with E-state index in [9.17, 15) is 9.59 Å². The first-order chi connectivity index (χ1) is 13.6. The molecule has 0 saturated carbocycles. The number of benzene rings is 1. The van der Waals surface area contributed by atoms with Crippen LogP contribution in [0.15, 0.2) is 40.8 Å². The van der Waals surface area contributed by atoms with Crippen molar-refractivity contribution in [3.8, 4) is 11.1 Å². The van der Waals surface area contributed by atoms with Gasteiger partial charge in [-0.15, -0.1) is 11.3 Å². The van der Waals surface area contributed by atoms with Gasteiger partial charge < -0.3 is 9.47 Å². The average Bonchev–Trinajstić information content (AvgIpc) is 3.16. The van der Waals surface area contributed by atoms with E-state index in [1.165, 1.54) is 27.8 Å². The Morgan fingerprint density at radius 3 is 2.64 bits per heavy atom. The number of aromatic nitrogens is 2. The molecule has 6 nitrogen and oxygen atoms in total. The monoisotopic (exact) mass is 400 g/mol. The van der Waals surface area contributed by atoms with Crippen LogP contribution in [0.1, 0.15) is 32.4 Å². The molecule has 0 aliphatic rings. The standard InChI is InChI=1S/C21H24N2O4S/c1-4-15-6-8-16(9-7-15)17-12-28-19-18(17)20(24)23(13-22-19)14(3)21(25)27-11-10-26-5-2/h6-9,12-14H,4-5,10-11H2,1-3H3/t14-/m1/s1. The Morgan fingerprint density at radius 1 is 1.21 bits per heavy atom. The van der Waals surface area contributed by atoms with Crippen molar-refractivity contribution in [2.75, 3.05) is 19.8 Å². The van der Waals surface area contributed by atoms with Gasteiger partial charge in [0.1, 0.15) is 17.5 Å². The molecule has 3 rings (SSSR count). The zero-order valence-electron chi connectivity index (χ0n) is 16.3. The minimum atomic E-state index is -0.763. The van der Waals surface area contributed by atoms with Gasteiger partial charge in [0, 0.05) is 17.6 Å². The van der Waals surface area contributed by atoms with Crippen LogP contribution in [0, 0.1) is 0 Å². The van der Waals surface area contributed by atoms with Crippen molar-refractivity contribution in [3.05, 3.63) is 51.9 Å². The quantitative estimate of drug-likeness (QED) is 0.425. The summed E-state index contributed by atoms with van der Waals surface area (Å²) >= 11 is 1.42. The third-order valence-corrected chi connectivity index (χ3v) is 5.51. The molecule has 0 amide bonds. The number of aryl methyl sites for hydroxylation is 1. The fraction of sp³-hybridized carbons (Fsp3) is 0.381. The van der Waals surface area contributed by atoms with Crippen LogP contribution in [0.5, 0.6) is 0 Å². The molecular formula is C21H24N2O4S. The summed E-state index contributed by atoms with van der Waals surface area (Å²) in [5.41, 5.74) is 2.80. The van der Waals surface area contributed by atoms with Crippen molar-refractivity contribution in [1.29, 1.82) is 0 Å². The van der Waals surface area contributed by atoms with Crippen molar-refractivity contribution < 1.29 is 14.3 Å². The molecule has 0 spiro atoms. The van der Waals surface area contributed by atoms with Gasteiger partial charge in [-0.3, -0.25) is 9.36 Å². The number of esters is 1. The Labute approximate surface area is 167 Å². The number of thiophene rings is 1. The second-order valence-electron chi connectivity index (χ2n) is 6.38. The fourth-order valence-electron chi connectivity index (χ4n) is 2.93. The van der Waals surface area contributed by atoms with Crippen LogP contribution < -0.4 is 5.56 Å². The van der Waals surface area contributed by atoms with E-state index in [0.717, 1.165) is 17.5 Å². The normalized spacial score (nSPS) is 12.2. The molecule has 0 bridgehead atoms. The number of fused-ring (bicyclic) bond motifs is 1. The van der Waals surface area contributed by atoms with E-state index in [4.69, 9.17) is 9.47 Å². The Hall–Kier alpha value is -2.51. The summed E-state index contributed by atoms with van der Waals surface area (Å²) in [6.45, 7) is 6.68. The highest BCUT2D eigenvalue weighted by molar-refractivity contribution is 7.17. The summed E-state index contributed by atoms with van der Waals surface area (Å²) in [7, 11) is 0. The van der Waals surface area contributed by atoms with Crippen molar-refractivity contribution in [2.45, 2.75) is 33.2 Å². The third kappa shape index (κ3) is 4.15. The van der Waals surface area contributed by atoms with E-state index in [1.54, 1.807) is 6.92 Å². The smallest absolute Gasteiger partial charge is 0.329 e. The Morgan fingerprint density at radius 2 is 1.96 bits per heavy atom. The minimum absolute atomic E-state index is 0.162. The topological polar surface area (TPSA) is 70.4 Å². The molecule has 1 atom stereocenters. The van der Waals surface area contributed by atoms with Gasteiger partial charge in [0.15, 0.2) is 0 Å². The number of nitrogens with zero attached hydrogens (tertiary/aromatic N) is 2. The van der Waals surface area contributed by atoms with Gasteiger partial charge in [0.2, 0.25) is 0 Å². The predicted molar refractivity (Wildman–Crippen MR) is 111 cm³/mol. The molecule has 0 aliphatic carbocycles. The van der Waals surface area contributed by atoms with Crippen molar-refractivity contribution >= 4 is 27.5 Å². The lowest BCUT2D eigenvalue weighted by Gasteiger charge is -2.14. The third-order valence-electron chi connectivity index (χ3n) is 4.63. The Kier molecular flexibility index (Phi) is 6.59. The van der Waals surface area contributed by atoms with Gasteiger partial charge >= 0.3 is 5.97 Å². The summed E-state index contributed by atoms with van der Waals surface area (Å²) in [5, 5.41) is 2.47. The maximum Gasteiger partial charge on any atom is 0.329 e. The van der Waals surface area contributed by atoms with Crippen LogP contribution in [-0.2, 0) is 20.7 Å². The summed E-state index contributed by atoms with van der Waals surface area (Å²) in [5.74, 6) is -0.480. The maximum atomic E-state index is 13.1. The average molecular weight is 401 g/mol. The molecule has 2 heterocycles. The van der Waals surface area contributed by atoms with Gasteiger partial charge in [-0.2, -0.15) is 0 Å². The first-order valence-electron chi connectivity index (χ1n) is 9.38. The lowest BCUT2D eigenvalue weighted by atomic mass is 10.0. The number of carbonyl (C=O) groups excluding carboxylic acids is 1.